The zero-order valence-corrected chi connectivity index (χ0v) is 16.3. The molecule has 1 aromatic rings. The highest BCUT2D eigenvalue weighted by Gasteiger charge is 2.17. The van der Waals surface area contributed by atoms with Crippen LogP contribution in [0.1, 0.15) is 38.3 Å². The fourth-order valence-electron chi connectivity index (χ4n) is 1.92. The number of amides is 1. The summed E-state index contributed by atoms with van der Waals surface area (Å²) in [6.07, 6.45) is 2.69. The van der Waals surface area contributed by atoms with Crippen LogP contribution >= 0.6 is 24.2 Å². The number of aryl methyl sites for hydroxylation is 1. The van der Waals surface area contributed by atoms with E-state index in [9.17, 15) is 4.79 Å². The molecule has 0 unspecified atom stereocenters. The summed E-state index contributed by atoms with van der Waals surface area (Å²) in [6, 6.07) is 5.56. The van der Waals surface area contributed by atoms with E-state index >= 15 is 0 Å². The Morgan fingerprint density at radius 3 is 2.61 bits per heavy atom. The lowest BCUT2D eigenvalue weighted by molar-refractivity contribution is -0.122. The number of nitrogens with two attached hydrogens (primary N) is 1. The van der Waals surface area contributed by atoms with Crippen molar-refractivity contribution in [3.63, 3.8) is 0 Å². The van der Waals surface area contributed by atoms with Gasteiger partial charge in [0.1, 0.15) is 11.4 Å². The van der Waals surface area contributed by atoms with Crippen LogP contribution in [0.25, 0.3) is 0 Å². The molecule has 0 aliphatic carbocycles. The van der Waals surface area contributed by atoms with E-state index < -0.39 is 6.04 Å². The van der Waals surface area contributed by atoms with Gasteiger partial charge in [-0.1, -0.05) is 12.1 Å². The highest BCUT2D eigenvalue weighted by atomic mass is 35.5. The summed E-state index contributed by atoms with van der Waals surface area (Å²) in [5.74, 6) is 1.58. The third-order valence-corrected chi connectivity index (χ3v) is 3.71. The van der Waals surface area contributed by atoms with Crippen LogP contribution in [-0.4, -0.2) is 29.6 Å². The van der Waals surface area contributed by atoms with Crippen molar-refractivity contribution in [2.75, 3.05) is 12.0 Å². The van der Waals surface area contributed by atoms with Crippen molar-refractivity contribution >= 4 is 30.1 Å². The minimum absolute atomic E-state index is 0. The summed E-state index contributed by atoms with van der Waals surface area (Å²) >= 11 is 1.69. The van der Waals surface area contributed by atoms with Gasteiger partial charge in [-0.3, -0.25) is 4.79 Å². The number of ether oxygens (including phenoxy) is 1. The smallest absolute Gasteiger partial charge is 0.237 e. The van der Waals surface area contributed by atoms with Crippen LogP contribution in [0.4, 0.5) is 0 Å². The van der Waals surface area contributed by atoms with Gasteiger partial charge in [-0.05, 0) is 57.8 Å². The Hall–Kier alpha value is -0.910. The third-order valence-electron chi connectivity index (χ3n) is 3.06. The maximum Gasteiger partial charge on any atom is 0.237 e. The summed E-state index contributed by atoms with van der Waals surface area (Å²) < 4.78 is 5.99. The Bertz CT molecular complexity index is 504. The molecule has 0 fully saturated rings. The minimum atomic E-state index is -0.454. The average Bonchev–Trinajstić information content (AvgIpc) is 2.41. The molecule has 1 rings (SSSR count). The van der Waals surface area contributed by atoms with E-state index in [0.29, 0.717) is 13.0 Å². The van der Waals surface area contributed by atoms with Crippen LogP contribution in [0.5, 0.6) is 5.75 Å². The lowest BCUT2D eigenvalue weighted by Gasteiger charge is -2.24. The molecule has 0 spiro atoms. The second-order valence-electron chi connectivity index (χ2n) is 6.43. The number of halogens is 1. The number of hydrogen-bond donors (Lipinski definition) is 2. The molecule has 0 radical (unpaired) electrons. The first-order valence-corrected chi connectivity index (χ1v) is 8.93. The molecule has 0 aliphatic rings. The second-order valence-corrected chi connectivity index (χ2v) is 7.42. The molecule has 23 heavy (non-hydrogen) atoms. The van der Waals surface area contributed by atoms with E-state index in [-0.39, 0.29) is 23.9 Å². The Balaban J connectivity index is 0.00000484. The summed E-state index contributed by atoms with van der Waals surface area (Å²) in [5.41, 5.74) is 7.69. The van der Waals surface area contributed by atoms with Gasteiger partial charge in [0, 0.05) is 12.1 Å². The Morgan fingerprint density at radius 2 is 2.04 bits per heavy atom. The van der Waals surface area contributed by atoms with Gasteiger partial charge in [0.2, 0.25) is 5.91 Å². The molecular weight excluding hydrogens is 332 g/mol. The van der Waals surface area contributed by atoms with Crippen LogP contribution in [-0.2, 0) is 11.3 Å². The zero-order valence-electron chi connectivity index (χ0n) is 14.6. The molecule has 1 amide bonds. The van der Waals surface area contributed by atoms with Gasteiger partial charge in [0.05, 0.1) is 6.04 Å². The van der Waals surface area contributed by atoms with E-state index in [4.69, 9.17) is 10.5 Å². The predicted octanol–water partition coefficient (Wildman–Crippen LogP) is 3.29. The number of benzene rings is 1. The van der Waals surface area contributed by atoms with Crippen molar-refractivity contribution in [2.24, 2.45) is 5.73 Å². The molecular formula is C17H29ClN2O2S. The normalized spacial score (nSPS) is 12.3. The maximum absolute atomic E-state index is 12.0. The van der Waals surface area contributed by atoms with Gasteiger partial charge in [0.25, 0.3) is 0 Å². The van der Waals surface area contributed by atoms with Gasteiger partial charge < -0.3 is 15.8 Å². The van der Waals surface area contributed by atoms with Crippen LogP contribution < -0.4 is 15.8 Å². The molecule has 1 aromatic carbocycles. The van der Waals surface area contributed by atoms with Gasteiger partial charge in [0.15, 0.2) is 0 Å². The summed E-state index contributed by atoms with van der Waals surface area (Å²) in [7, 11) is 0. The van der Waals surface area contributed by atoms with E-state index in [0.717, 1.165) is 22.6 Å². The quantitative estimate of drug-likeness (QED) is 0.783. The SMILES string of the molecule is CSCC[C@H](N)C(=O)NCc1ccc(C)cc1OC(C)(C)C.Cl. The van der Waals surface area contributed by atoms with Gasteiger partial charge in [-0.2, -0.15) is 11.8 Å². The minimum Gasteiger partial charge on any atom is -0.488 e. The fourth-order valence-corrected chi connectivity index (χ4v) is 2.41. The third kappa shape index (κ3) is 8.49. The van der Waals surface area contributed by atoms with E-state index in [1.165, 1.54) is 0 Å². The summed E-state index contributed by atoms with van der Waals surface area (Å²) in [6.45, 7) is 8.48. The second kappa shape index (κ2) is 10.1. The summed E-state index contributed by atoms with van der Waals surface area (Å²) in [4.78, 5) is 12.0. The molecule has 3 N–H and O–H groups in total. The van der Waals surface area contributed by atoms with E-state index in [2.05, 4.69) is 5.32 Å². The Kier molecular flexibility index (Phi) is 9.66. The van der Waals surface area contributed by atoms with Crippen LogP contribution in [0, 0.1) is 6.92 Å². The lowest BCUT2D eigenvalue weighted by atomic mass is 10.1. The molecule has 0 aliphatic heterocycles. The molecule has 0 saturated heterocycles. The highest BCUT2D eigenvalue weighted by molar-refractivity contribution is 7.98. The Labute approximate surface area is 150 Å². The number of carbonyl (C=O) groups is 1. The number of thioether (sulfide) groups is 1. The Morgan fingerprint density at radius 1 is 1.39 bits per heavy atom. The highest BCUT2D eigenvalue weighted by Crippen LogP contribution is 2.24. The van der Waals surface area contributed by atoms with Crippen molar-refractivity contribution in [1.29, 1.82) is 0 Å². The molecule has 0 heterocycles. The number of rotatable bonds is 7. The van der Waals surface area contributed by atoms with Crippen LogP contribution in [0.15, 0.2) is 18.2 Å². The predicted molar refractivity (Wildman–Crippen MR) is 102 cm³/mol. The number of carbonyl (C=O) groups excluding carboxylic acids is 1. The van der Waals surface area contributed by atoms with E-state index in [1.807, 2.05) is 52.1 Å². The largest absolute Gasteiger partial charge is 0.488 e. The van der Waals surface area contributed by atoms with Gasteiger partial charge in [-0.25, -0.2) is 0 Å². The van der Waals surface area contributed by atoms with Crippen molar-refractivity contribution in [1.82, 2.24) is 5.32 Å². The van der Waals surface area contributed by atoms with Crippen molar-refractivity contribution in [2.45, 2.75) is 52.3 Å². The molecule has 0 bridgehead atoms. The number of hydrogen-bond acceptors (Lipinski definition) is 4. The van der Waals surface area contributed by atoms with Gasteiger partial charge in [-0.15, -0.1) is 12.4 Å². The first kappa shape index (κ1) is 22.1. The monoisotopic (exact) mass is 360 g/mol. The first-order valence-electron chi connectivity index (χ1n) is 7.53. The fraction of sp³-hybridized carbons (Fsp3) is 0.588. The lowest BCUT2D eigenvalue weighted by Crippen LogP contribution is -2.40. The van der Waals surface area contributed by atoms with Crippen molar-refractivity contribution in [3.8, 4) is 5.75 Å². The van der Waals surface area contributed by atoms with Crippen molar-refractivity contribution < 1.29 is 9.53 Å². The summed E-state index contributed by atoms with van der Waals surface area (Å²) in [5, 5.41) is 2.90. The molecule has 4 nitrogen and oxygen atoms in total. The standard InChI is InChI=1S/C17H28N2O2S.ClH/c1-12-6-7-13(15(10-12)21-17(2,3)4)11-19-16(20)14(18)8-9-22-5;/h6-7,10,14H,8-9,11,18H2,1-5H3,(H,19,20);1H/t14-;/m0./s1. The molecule has 0 aromatic heterocycles. The average molecular weight is 361 g/mol. The molecule has 132 valence electrons. The van der Waals surface area contributed by atoms with E-state index in [1.54, 1.807) is 11.8 Å². The first-order chi connectivity index (χ1) is 10.2. The molecule has 1 atom stereocenters. The number of nitrogens with one attached hydrogen (secondary N) is 1. The van der Waals surface area contributed by atoms with Gasteiger partial charge >= 0.3 is 0 Å². The molecule has 6 heteroatoms. The maximum atomic E-state index is 12.0. The van der Waals surface area contributed by atoms with Crippen LogP contribution in [0.3, 0.4) is 0 Å². The topological polar surface area (TPSA) is 64.4 Å². The van der Waals surface area contributed by atoms with Crippen molar-refractivity contribution in [3.05, 3.63) is 29.3 Å². The zero-order chi connectivity index (χ0) is 16.8. The molecule has 0 saturated carbocycles. The van der Waals surface area contributed by atoms with Crippen LogP contribution in [0.2, 0.25) is 0 Å².